The standard InChI is InChI=1S/C14H26N4/c1-10-12(11(2)18-17-10)6-5-8-15-13-7-9-16-14(13,3)4/h13,15-16H,5-9H2,1-4H3,(H,17,18)/t13-/m1/s1. The number of rotatable bonds is 5. The van der Waals surface area contributed by atoms with E-state index in [9.17, 15) is 0 Å². The molecule has 1 fully saturated rings. The van der Waals surface area contributed by atoms with Crippen molar-refractivity contribution < 1.29 is 0 Å². The van der Waals surface area contributed by atoms with E-state index < -0.39 is 0 Å². The first-order chi connectivity index (χ1) is 8.50. The van der Waals surface area contributed by atoms with Gasteiger partial charge in [-0.15, -0.1) is 0 Å². The molecule has 1 aromatic heterocycles. The molecule has 3 N–H and O–H groups in total. The Labute approximate surface area is 110 Å². The fourth-order valence-corrected chi connectivity index (χ4v) is 2.86. The second kappa shape index (κ2) is 5.41. The number of aryl methyl sites for hydroxylation is 2. The van der Waals surface area contributed by atoms with Crippen molar-refractivity contribution in [2.45, 2.75) is 58.5 Å². The molecule has 1 aromatic rings. The number of hydrogen-bond acceptors (Lipinski definition) is 3. The molecule has 4 nitrogen and oxygen atoms in total. The Morgan fingerprint density at radius 1 is 1.39 bits per heavy atom. The molecule has 18 heavy (non-hydrogen) atoms. The summed E-state index contributed by atoms with van der Waals surface area (Å²) in [6.07, 6.45) is 3.52. The molecule has 4 heteroatoms. The smallest absolute Gasteiger partial charge is 0.0625 e. The molecule has 0 unspecified atom stereocenters. The summed E-state index contributed by atoms with van der Waals surface area (Å²) in [5.74, 6) is 0. The highest BCUT2D eigenvalue weighted by Crippen LogP contribution is 2.18. The molecule has 0 aromatic carbocycles. The summed E-state index contributed by atoms with van der Waals surface area (Å²) in [7, 11) is 0. The van der Waals surface area contributed by atoms with Gasteiger partial charge in [0.05, 0.1) is 5.69 Å². The molecule has 1 aliphatic rings. The van der Waals surface area contributed by atoms with Crippen molar-refractivity contribution in [1.82, 2.24) is 20.8 Å². The van der Waals surface area contributed by atoms with Crippen molar-refractivity contribution in [2.75, 3.05) is 13.1 Å². The topological polar surface area (TPSA) is 52.7 Å². The fraction of sp³-hybridized carbons (Fsp3) is 0.786. The predicted octanol–water partition coefficient (Wildman–Crippen LogP) is 1.69. The summed E-state index contributed by atoms with van der Waals surface area (Å²) in [6, 6.07) is 0.601. The third-order valence-corrected chi connectivity index (χ3v) is 4.16. The van der Waals surface area contributed by atoms with Crippen LogP contribution >= 0.6 is 0 Å². The molecule has 0 radical (unpaired) electrons. The van der Waals surface area contributed by atoms with Gasteiger partial charge in [0.2, 0.25) is 0 Å². The van der Waals surface area contributed by atoms with Gasteiger partial charge in [-0.2, -0.15) is 5.10 Å². The van der Waals surface area contributed by atoms with Crippen LogP contribution in [0.3, 0.4) is 0 Å². The molecular weight excluding hydrogens is 224 g/mol. The highest BCUT2D eigenvalue weighted by Gasteiger charge is 2.33. The zero-order chi connectivity index (χ0) is 13.2. The molecule has 2 heterocycles. The lowest BCUT2D eigenvalue weighted by Gasteiger charge is -2.28. The van der Waals surface area contributed by atoms with E-state index in [2.05, 4.69) is 48.5 Å². The fourth-order valence-electron chi connectivity index (χ4n) is 2.86. The van der Waals surface area contributed by atoms with Crippen molar-refractivity contribution in [3.63, 3.8) is 0 Å². The Morgan fingerprint density at radius 3 is 2.72 bits per heavy atom. The van der Waals surface area contributed by atoms with Crippen LogP contribution in [0.1, 0.15) is 43.6 Å². The SMILES string of the molecule is Cc1n[nH]c(C)c1CCCN[C@@H]1CCNC1(C)C. The van der Waals surface area contributed by atoms with Gasteiger partial charge in [-0.05, 0) is 65.6 Å². The third kappa shape index (κ3) is 2.93. The monoisotopic (exact) mass is 250 g/mol. The number of nitrogens with zero attached hydrogens (tertiary/aromatic N) is 1. The van der Waals surface area contributed by atoms with Gasteiger partial charge in [0.1, 0.15) is 0 Å². The van der Waals surface area contributed by atoms with E-state index in [1.165, 1.54) is 24.1 Å². The molecule has 1 aliphatic heterocycles. The zero-order valence-corrected chi connectivity index (χ0v) is 12.1. The molecular formula is C14H26N4. The maximum absolute atomic E-state index is 4.24. The van der Waals surface area contributed by atoms with Crippen LogP contribution in [-0.4, -0.2) is 34.9 Å². The van der Waals surface area contributed by atoms with Gasteiger partial charge in [-0.1, -0.05) is 0 Å². The van der Waals surface area contributed by atoms with Crippen LogP contribution in [0, 0.1) is 13.8 Å². The summed E-state index contributed by atoms with van der Waals surface area (Å²) in [5.41, 5.74) is 3.99. The molecule has 0 saturated carbocycles. The minimum atomic E-state index is 0.238. The minimum Gasteiger partial charge on any atom is -0.312 e. The lowest BCUT2D eigenvalue weighted by atomic mass is 9.97. The average Bonchev–Trinajstić information content (AvgIpc) is 2.79. The predicted molar refractivity (Wildman–Crippen MR) is 74.9 cm³/mol. The average molecular weight is 250 g/mol. The normalized spacial score (nSPS) is 22.6. The summed E-state index contributed by atoms with van der Waals surface area (Å²) in [5, 5.41) is 14.5. The van der Waals surface area contributed by atoms with Gasteiger partial charge >= 0.3 is 0 Å². The van der Waals surface area contributed by atoms with Crippen molar-refractivity contribution in [2.24, 2.45) is 0 Å². The minimum absolute atomic E-state index is 0.238. The molecule has 1 atom stereocenters. The molecule has 102 valence electrons. The molecule has 0 bridgehead atoms. The van der Waals surface area contributed by atoms with Crippen LogP contribution in [0.25, 0.3) is 0 Å². The Morgan fingerprint density at radius 2 is 2.17 bits per heavy atom. The van der Waals surface area contributed by atoms with Gasteiger partial charge in [-0.25, -0.2) is 0 Å². The lowest BCUT2D eigenvalue weighted by Crippen LogP contribution is -2.49. The summed E-state index contributed by atoms with van der Waals surface area (Å²) in [4.78, 5) is 0. The Balaban J connectivity index is 1.74. The van der Waals surface area contributed by atoms with E-state index in [0.29, 0.717) is 6.04 Å². The lowest BCUT2D eigenvalue weighted by molar-refractivity contribution is 0.350. The summed E-state index contributed by atoms with van der Waals surface area (Å²) >= 11 is 0. The van der Waals surface area contributed by atoms with Crippen LogP contribution in [-0.2, 0) is 6.42 Å². The van der Waals surface area contributed by atoms with Crippen molar-refractivity contribution in [3.05, 3.63) is 17.0 Å². The Bertz CT molecular complexity index is 375. The van der Waals surface area contributed by atoms with Crippen molar-refractivity contribution >= 4 is 0 Å². The maximum atomic E-state index is 4.24. The number of hydrogen-bond donors (Lipinski definition) is 3. The first-order valence-corrected chi connectivity index (χ1v) is 6.99. The molecule has 2 rings (SSSR count). The molecule has 1 saturated heterocycles. The Kier molecular flexibility index (Phi) is 4.07. The van der Waals surface area contributed by atoms with E-state index >= 15 is 0 Å². The van der Waals surface area contributed by atoms with Crippen LogP contribution < -0.4 is 10.6 Å². The number of nitrogens with one attached hydrogen (secondary N) is 3. The third-order valence-electron chi connectivity index (χ3n) is 4.16. The largest absolute Gasteiger partial charge is 0.312 e. The quantitative estimate of drug-likeness (QED) is 0.697. The van der Waals surface area contributed by atoms with Gasteiger partial charge in [0, 0.05) is 17.3 Å². The van der Waals surface area contributed by atoms with Crippen molar-refractivity contribution in [1.29, 1.82) is 0 Å². The van der Waals surface area contributed by atoms with E-state index in [4.69, 9.17) is 0 Å². The van der Waals surface area contributed by atoms with Gasteiger partial charge in [0.15, 0.2) is 0 Å². The summed E-state index contributed by atoms with van der Waals surface area (Å²) in [6.45, 7) is 11.0. The van der Waals surface area contributed by atoms with Crippen LogP contribution in [0.2, 0.25) is 0 Å². The van der Waals surface area contributed by atoms with Crippen LogP contribution in [0.4, 0.5) is 0 Å². The number of aromatic amines is 1. The van der Waals surface area contributed by atoms with Crippen molar-refractivity contribution in [3.8, 4) is 0 Å². The molecule has 0 aliphatic carbocycles. The first-order valence-electron chi connectivity index (χ1n) is 6.99. The second-order valence-electron chi connectivity index (χ2n) is 5.96. The van der Waals surface area contributed by atoms with E-state index in [1.54, 1.807) is 0 Å². The molecule has 0 amide bonds. The highest BCUT2D eigenvalue weighted by atomic mass is 15.1. The van der Waals surface area contributed by atoms with Crippen LogP contribution in [0.5, 0.6) is 0 Å². The van der Waals surface area contributed by atoms with Gasteiger partial charge < -0.3 is 10.6 Å². The highest BCUT2D eigenvalue weighted by molar-refractivity contribution is 5.23. The zero-order valence-electron chi connectivity index (χ0n) is 12.1. The number of aromatic nitrogens is 2. The summed E-state index contributed by atoms with van der Waals surface area (Å²) < 4.78 is 0. The van der Waals surface area contributed by atoms with E-state index in [0.717, 1.165) is 25.2 Å². The van der Waals surface area contributed by atoms with Crippen LogP contribution in [0.15, 0.2) is 0 Å². The second-order valence-corrected chi connectivity index (χ2v) is 5.96. The number of H-pyrrole nitrogens is 1. The van der Waals surface area contributed by atoms with Gasteiger partial charge in [0.25, 0.3) is 0 Å². The first kappa shape index (κ1) is 13.6. The Hall–Kier alpha value is -0.870. The van der Waals surface area contributed by atoms with Gasteiger partial charge in [-0.3, -0.25) is 5.10 Å². The van der Waals surface area contributed by atoms with E-state index in [-0.39, 0.29) is 5.54 Å². The maximum Gasteiger partial charge on any atom is 0.0625 e. The van der Waals surface area contributed by atoms with E-state index in [1.807, 2.05) is 0 Å². The molecule has 0 spiro atoms.